The van der Waals surface area contributed by atoms with Gasteiger partial charge in [-0.1, -0.05) is 13.3 Å². The predicted octanol–water partition coefficient (Wildman–Crippen LogP) is 3.12. The number of ether oxygens (including phenoxy) is 2. The molecule has 0 radical (unpaired) electrons. The maximum atomic E-state index is 6.06. The van der Waals surface area contributed by atoms with Crippen molar-refractivity contribution in [2.24, 2.45) is 11.7 Å². The van der Waals surface area contributed by atoms with Gasteiger partial charge >= 0.3 is 0 Å². The average molecular weight is 257 g/mol. The molecule has 0 unspecified atom stereocenters. The molecule has 0 aromatic rings. The number of nitrogens with two attached hydrogens (primary N) is 1. The molecule has 0 bridgehead atoms. The summed E-state index contributed by atoms with van der Waals surface area (Å²) in [5.41, 5.74) is 5.77. The van der Waals surface area contributed by atoms with E-state index < -0.39 is 0 Å². The smallest absolute Gasteiger partial charge is 0.0805 e. The average Bonchev–Trinajstić information content (AvgIpc) is 2.34. The Morgan fingerprint density at radius 3 is 2.22 bits per heavy atom. The molecule has 108 valence electrons. The molecule has 3 heteroatoms. The molecule has 1 saturated carbocycles. The van der Waals surface area contributed by atoms with Crippen molar-refractivity contribution in [1.29, 1.82) is 0 Å². The Balaban J connectivity index is 2.29. The number of rotatable bonds is 6. The molecule has 0 aromatic heterocycles. The van der Waals surface area contributed by atoms with Crippen molar-refractivity contribution in [3.63, 3.8) is 0 Å². The van der Waals surface area contributed by atoms with Crippen LogP contribution in [0.3, 0.4) is 0 Å². The van der Waals surface area contributed by atoms with E-state index in [0.29, 0.717) is 19.8 Å². The molecule has 0 saturated heterocycles. The highest BCUT2D eigenvalue weighted by Crippen LogP contribution is 2.35. The molecule has 18 heavy (non-hydrogen) atoms. The minimum Gasteiger partial charge on any atom is -0.373 e. The van der Waals surface area contributed by atoms with Crippen molar-refractivity contribution in [2.45, 2.75) is 71.0 Å². The van der Waals surface area contributed by atoms with Gasteiger partial charge in [0, 0.05) is 6.54 Å². The second-order valence-corrected chi connectivity index (χ2v) is 6.55. The van der Waals surface area contributed by atoms with Crippen LogP contribution in [0.4, 0.5) is 0 Å². The molecule has 3 nitrogen and oxygen atoms in total. The first-order valence-electron chi connectivity index (χ1n) is 7.39. The summed E-state index contributed by atoms with van der Waals surface area (Å²) < 4.78 is 11.7. The normalized spacial score (nSPS) is 29.5. The van der Waals surface area contributed by atoms with Gasteiger partial charge in [-0.15, -0.1) is 0 Å². The molecule has 1 fully saturated rings. The van der Waals surface area contributed by atoms with E-state index in [1.165, 1.54) is 19.3 Å². The fraction of sp³-hybridized carbons (Fsp3) is 1.00. The topological polar surface area (TPSA) is 44.5 Å². The van der Waals surface area contributed by atoms with Gasteiger partial charge in [0.1, 0.15) is 0 Å². The fourth-order valence-electron chi connectivity index (χ4n) is 2.63. The Bertz CT molecular complexity index is 227. The highest BCUT2D eigenvalue weighted by molar-refractivity contribution is 4.88. The summed E-state index contributed by atoms with van der Waals surface area (Å²) in [5, 5.41) is 0. The molecular weight excluding hydrogens is 226 g/mol. The molecule has 0 atom stereocenters. The third-order valence-electron chi connectivity index (χ3n) is 3.99. The van der Waals surface area contributed by atoms with Gasteiger partial charge < -0.3 is 15.2 Å². The first-order chi connectivity index (χ1) is 8.41. The molecule has 1 aliphatic carbocycles. The molecule has 0 aliphatic heterocycles. The van der Waals surface area contributed by atoms with E-state index >= 15 is 0 Å². The molecule has 0 aromatic carbocycles. The molecule has 1 rings (SSSR count). The van der Waals surface area contributed by atoms with Crippen molar-refractivity contribution >= 4 is 0 Å². The van der Waals surface area contributed by atoms with Gasteiger partial charge in [0.25, 0.3) is 0 Å². The van der Waals surface area contributed by atoms with E-state index in [4.69, 9.17) is 15.2 Å². The van der Waals surface area contributed by atoms with Crippen LogP contribution in [-0.2, 0) is 9.47 Å². The second kappa shape index (κ2) is 6.88. The van der Waals surface area contributed by atoms with Crippen LogP contribution in [-0.4, -0.2) is 31.0 Å². The van der Waals surface area contributed by atoms with Crippen LogP contribution < -0.4 is 5.73 Å². The summed E-state index contributed by atoms with van der Waals surface area (Å²) in [5.74, 6) is 0.874. The standard InChI is InChI=1S/C15H31NO2/c1-5-13-6-8-15(12-16,9-7-13)18-11-10-17-14(2,3)4/h13H,5-12,16H2,1-4H3. The lowest BCUT2D eigenvalue weighted by atomic mass is 9.77. The van der Waals surface area contributed by atoms with Crippen molar-refractivity contribution in [3.8, 4) is 0 Å². The summed E-state index contributed by atoms with van der Waals surface area (Å²) in [6.45, 7) is 10.4. The van der Waals surface area contributed by atoms with E-state index in [1.807, 2.05) is 0 Å². The summed E-state index contributed by atoms with van der Waals surface area (Å²) >= 11 is 0. The Morgan fingerprint density at radius 1 is 1.17 bits per heavy atom. The summed E-state index contributed by atoms with van der Waals surface area (Å²) in [6.07, 6.45) is 6.02. The molecule has 0 amide bonds. The second-order valence-electron chi connectivity index (χ2n) is 6.55. The van der Waals surface area contributed by atoms with Crippen LogP contribution in [0.2, 0.25) is 0 Å². The zero-order valence-corrected chi connectivity index (χ0v) is 12.6. The highest BCUT2D eigenvalue weighted by atomic mass is 16.5. The number of hydrogen-bond acceptors (Lipinski definition) is 3. The first kappa shape index (κ1) is 15.9. The summed E-state index contributed by atoms with van der Waals surface area (Å²) in [4.78, 5) is 0. The Kier molecular flexibility index (Phi) is 6.09. The van der Waals surface area contributed by atoms with Gasteiger partial charge in [-0.3, -0.25) is 0 Å². The first-order valence-corrected chi connectivity index (χ1v) is 7.39. The molecule has 0 spiro atoms. The van der Waals surface area contributed by atoms with Crippen LogP contribution in [0.15, 0.2) is 0 Å². The van der Waals surface area contributed by atoms with Crippen LogP contribution in [0.1, 0.15) is 59.8 Å². The quantitative estimate of drug-likeness (QED) is 0.744. The van der Waals surface area contributed by atoms with Crippen molar-refractivity contribution in [3.05, 3.63) is 0 Å². The van der Waals surface area contributed by atoms with Gasteiger partial charge in [0.2, 0.25) is 0 Å². The summed E-state index contributed by atoms with van der Waals surface area (Å²) in [7, 11) is 0. The highest BCUT2D eigenvalue weighted by Gasteiger charge is 2.34. The van der Waals surface area contributed by atoms with E-state index in [9.17, 15) is 0 Å². The Morgan fingerprint density at radius 2 is 1.78 bits per heavy atom. The van der Waals surface area contributed by atoms with Gasteiger partial charge in [-0.25, -0.2) is 0 Å². The van der Waals surface area contributed by atoms with Gasteiger partial charge in [-0.2, -0.15) is 0 Å². The Labute approximate surface area is 112 Å². The minimum absolute atomic E-state index is 0.0765. The zero-order chi connectivity index (χ0) is 13.6. The van der Waals surface area contributed by atoms with E-state index in [0.717, 1.165) is 18.8 Å². The van der Waals surface area contributed by atoms with Gasteiger partial charge in [0.15, 0.2) is 0 Å². The molecular formula is C15H31NO2. The molecule has 0 heterocycles. The monoisotopic (exact) mass is 257 g/mol. The lowest BCUT2D eigenvalue weighted by molar-refractivity contribution is -0.107. The number of hydrogen-bond donors (Lipinski definition) is 1. The third kappa shape index (κ3) is 5.25. The predicted molar refractivity (Wildman–Crippen MR) is 75.7 cm³/mol. The third-order valence-corrected chi connectivity index (χ3v) is 3.99. The van der Waals surface area contributed by atoms with Crippen LogP contribution in [0.5, 0.6) is 0 Å². The van der Waals surface area contributed by atoms with Gasteiger partial charge in [0.05, 0.1) is 24.4 Å². The minimum atomic E-state index is -0.0842. The van der Waals surface area contributed by atoms with Crippen molar-refractivity contribution in [2.75, 3.05) is 19.8 Å². The van der Waals surface area contributed by atoms with Crippen LogP contribution in [0, 0.1) is 5.92 Å². The summed E-state index contributed by atoms with van der Waals surface area (Å²) in [6, 6.07) is 0. The van der Waals surface area contributed by atoms with E-state index in [-0.39, 0.29) is 11.2 Å². The van der Waals surface area contributed by atoms with E-state index in [2.05, 4.69) is 27.7 Å². The zero-order valence-electron chi connectivity index (χ0n) is 12.6. The van der Waals surface area contributed by atoms with Crippen molar-refractivity contribution < 1.29 is 9.47 Å². The maximum absolute atomic E-state index is 6.06. The maximum Gasteiger partial charge on any atom is 0.0805 e. The SMILES string of the molecule is CCC1CCC(CN)(OCCOC(C)(C)C)CC1. The van der Waals surface area contributed by atoms with E-state index in [1.54, 1.807) is 0 Å². The molecule has 2 N–H and O–H groups in total. The lowest BCUT2D eigenvalue weighted by Crippen LogP contribution is -2.44. The largest absolute Gasteiger partial charge is 0.373 e. The van der Waals surface area contributed by atoms with Crippen LogP contribution >= 0.6 is 0 Å². The lowest BCUT2D eigenvalue weighted by Gasteiger charge is -2.39. The van der Waals surface area contributed by atoms with Gasteiger partial charge in [-0.05, 0) is 52.4 Å². The van der Waals surface area contributed by atoms with Crippen LogP contribution in [0.25, 0.3) is 0 Å². The molecule has 1 aliphatic rings. The Hall–Kier alpha value is -0.120. The fourth-order valence-corrected chi connectivity index (χ4v) is 2.63. The van der Waals surface area contributed by atoms with Crippen molar-refractivity contribution in [1.82, 2.24) is 0 Å².